The molecule has 1 aliphatic rings. The van der Waals surface area contributed by atoms with E-state index in [2.05, 4.69) is 54.3 Å². The van der Waals surface area contributed by atoms with Crippen molar-refractivity contribution in [3.8, 4) is 5.69 Å². The second-order valence-corrected chi connectivity index (χ2v) is 7.54. The molecule has 1 fully saturated rings. The molecule has 5 nitrogen and oxygen atoms in total. The summed E-state index contributed by atoms with van der Waals surface area (Å²) in [6.07, 6.45) is 3.52. The van der Waals surface area contributed by atoms with E-state index in [-0.39, 0.29) is 5.91 Å². The minimum absolute atomic E-state index is 0.252. The maximum Gasteiger partial charge on any atom is 0.222 e. The van der Waals surface area contributed by atoms with Crippen molar-refractivity contribution in [3.63, 3.8) is 0 Å². The molecule has 2 aromatic rings. The van der Waals surface area contributed by atoms with Crippen LogP contribution >= 0.6 is 0 Å². The lowest BCUT2D eigenvalue weighted by Crippen LogP contribution is -2.44. The summed E-state index contributed by atoms with van der Waals surface area (Å²) in [5.41, 5.74) is 4.41. The molecular weight excluding hydrogens is 324 g/mol. The van der Waals surface area contributed by atoms with Crippen LogP contribution < -0.4 is 0 Å². The quantitative estimate of drug-likeness (QED) is 0.829. The summed E-state index contributed by atoms with van der Waals surface area (Å²) in [6, 6.07) is 10.8. The van der Waals surface area contributed by atoms with Gasteiger partial charge in [0.1, 0.15) is 0 Å². The average Bonchev–Trinajstić information content (AvgIpc) is 2.98. The van der Waals surface area contributed by atoms with Crippen molar-refractivity contribution in [1.82, 2.24) is 19.6 Å². The lowest BCUT2D eigenvalue weighted by atomic mass is 10.0. The van der Waals surface area contributed by atoms with E-state index in [1.54, 1.807) is 0 Å². The Morgan fingerprint density at radius 1 is 1.19 bits per heavy atom. The van der Waals surface area contributed by atoms with Crippen molar-refractivity contribution in [2.75, 3.05) is 27.2 Å². The number of piperidine rings is 1. The van der Waals surface area contributed by atoms with Gasteiger partial charge in [0.2, 0.25) is 5.91 Å². The number of hydrogen-bond donors (Lipinski definition) is 0. The summed E-state index contributed by atoms with van der Waals surface area (Å²) in [6.45, 7) is 6.22. The maximum atomic E-state index is 12.5. The molecule has 1 amide bonds. The molecule has 0 aliphatic carbocycles. The zero-order valence-electron chi connectivity index (χ0n) is 16.4. The predicted octanol–water partition coefficient (Wildman–Crippen LogP) is 2.97. The number of aryl methyl sites for hydroxylation is 3. The third-order valence-electron chi connectivity index (χ3n) is 5.45. The van der Waals surface area contributed by atoms with Gasteiger partial charge in [-0.25, -0.2) is 4.68 Å². The van der Waals surface area contributed by atoms with Gasteiger partial charge in [0.05, 0.1) is 11.4 Å². The molecule has 3 rings (SSSR count). The maximum absolute atomic E-state index is 12.5. The van der Waals surface area contributed by atoms with Gasteiger partial charge in [0.25, 0.3) is 0 Å². The number of nitrogens with zero attached hydrogens (tertiary/aromatic N) is 4. The van der Waals surface area contributed by atoms with E-state index in [9.17, 15) is 4.79 Å². The van der Waals surface area contributed by atoms with Crippen molar-refractivity contribution in [3.05, 3.63) is 47.3 Å². The Hall–Kier alpha value is -2.14. The Balaban J connectivity index is 1.54. The Kier molecular flexibility index (Phi) is 5.77. The molecule has 0 radical (unpaired) electrons. The molecule has 0 spiro atoms. The number of hydrogen-bond acceptors (Lipinski definition) is 3. The van der Waals surface area contributed by atoms with Crippen molar-refractivity contribution < 1.29 is 4.79 Å². The number of rotatable bonds is 5. The molecule has 140 valence electrons. The minimum Gasteiger partial charge on any atom is -0.343 e. The summed E-state index contributed by atoms with van der Waals surface area (Å²) in [7, 11) is 4.11. The zero-order chi connectivity index (χ0) is 18.7. The molecule has 1 aliphatic heterocycles. The van der Waals surface area contributed by atoms with Crippen molar-refractivity contribution in [2.45, 2.75) is 45.6 Å². The monoisotopic (exact) mass is 354 g/mol. The van der Waals surface area contributed by atoms with Gasteiger partial charge in [-0.05, 0) is 77.0 Å². The molecule has 2 heterocycles. The van der Waals surface area contributed by atoms with Gasteiger partial charge < -0.3 is 9.80 Å². The number of carbonyl (C=O) groups excluding carboxylic acids is 1. The number of likely N-dealkylation sites (tertiary alicyclic amines) is 1. The van der Waals surface area contributed by atoms with E-state index < -0.39 is 0 Å². The van der Waals surface area contributed by atoms with Gasteiger partial charge in [0.15, 0.2) is 0 Å². The summed E-state index contributed by atoms with van der Waals surface area (Å²) in [5.74, 6) is 0.252. The van der Waals surface area contributed by atoms with Gasteiger partial charge >= 0.3 is 0 Å². The van der Waals surface area contributed by atoms with Crippen molar-refractivity contribution in [2.24, 2.45) is 0 Å². The lowest BCUT2D eigenvalue weighted by molar-refractivity contribution is -0.132. The number of benzene rings is 1. The second-order valence-electron chi connectivity index (χ2n) is 7.54. The highest BCUT2D eigenvalue weighted by atomic mass is 16.2. The average molecular weight is 354 g/mol. The molecule has 5 heteroatoms. The third kappa shape index (κ3) is 4.33. The molecular formula is C21H30N4O. The fourth-order valence-corrected chi connectivity index (χ4v) is 3.71. The highest BCUT2D eigenvalue weighted by Crippen LogP contribution is 2.17. The van der Waals surface area contributed by atoms with E-state index >= 15 is 0 Å². The first kappa shape index (κ1) is 18.6. The number of carbonyl (C=O) groups is 1. The number of aromatic nitrogens is 2. The van der Waals surface area contributed by atoms with Gasteiger partial charge in [-0.3, -0.25) is 4.79 Å². The number of amides is 1. The second kappa shape index (κ2) is 8.04. The molecule has 0 saturated carbocycles. The predicted molar refractivity (Wildman–Crippen MR) is 105 cm³/mol. The van der Waals surface area contributed by atoms with Crippen LogP contribution in [0.2, 0.25) is 0 Å². The van der Waals surface area contributed by atoms with Crippen molar-refractivity contribution in [1.29, 1.82) is 0 Å². The Morgan fingerprint density at radius 2 is 1.85 bits per heavy atom. The van der Waals surface area contributed by atoms with Gasteiger partial charge in [-0.15, -0.1) is 0 Å². The summed E-state index contributed by atoms with van der Waals surface area (Å²) >= 11 is 0. The van der Waals surface area contributed by atoms with Crippen LogP contribution in [0.1, 0.15) is 36.2 Å². The van der Waals surface area contributed by atoms with Crippen LogP contribution in [-0.2, 0) is 11.2 Å². The van der Waals surface area contributed by atoms with E-state index in [0.29, 0.717) is 12.5 Å². The molecule has 0 unspecified atom stereocenters. The van der Waals surface area contributed by atoms with Gasteiger partial charge in [0, 0.05) is 25.2 Å². The fourth-order valence-electron chi connectivity index (χ4n) is 3.71. The molecule has 1 aromatic heterocycles. The molecule has 26 heavy (non-hydrogen) atoms. The Morgan fingerprint density at radius 3 is 2.42 bits per heavy atom. The van der Waals surface area contributed by atoms with Crippen LogP contribution in [0.3, 0.4) is 0 Å². The molecule has 1 aromatic carbocycles. The van der Waals surface area contributed by atoms with Crippen LogP contribution in [0.5, 0.6) is 0 Å². The van der Waals surface area contributed by atoms with E-state index in [1.807, 2.05) is 23.6 Å². The standard InChI is InChI=1S/C21H30N4O/c1-16-15-17(2)25(22-16)20-8-5-18(6-9-20)7-10-21(26)24(4)19-11-13-23(3)14-12-19/h5-6,8-9,15,19H,7,10-14H2,1-4H3. The molecule has 0 atom stereocenters. The molecule has 1 saturated heterocycles. The fraction of sp³-hybridized carbons (Fsp3) is 0.524. The normalized spacial score (nSPS) is 16.0. The van der Waals surface area contributed by atoms with Crippen LogP contribution in [0.25, 0.3) is 5.69 Å². The Labute approximate surface area is 156 Å². The van der Waals surface area contributed by atoms with E-state index in [1.165, 1.54) is 5.56 Å². The molecule has 0 N–H and O–H groups in total. The minimum atomic E-state index is 0.252. The first-order valence-corrected chi connectivity index (χ1v) is 9.51. The third-order valence-corrected chi connectivity index (χ3v) is 5.45. The first-order chi connectivity index (χ1) is 12.4. The van der Waals surface area contributed by atoms with Gasteiger partial charge in [-0.2, -0.15) is 5.10 Å². The first-order valence-electron chi connectivity index (χ1n) is 9.51. The molecule has 0 bridgehead atoms. The highest BCUT2D eigenvalue weighted by molar-refractivity contribution is 5.76. The van der Waals surface area contributed by atoms with Crippen LogP contribution in [-0.4, -0.2) is 58.7 Å². The van der Waals surface area contributed by atoms with Crippen LogP contribution in [0.4, 0.5) is 0 Å². The van der Waals surface area contributed by atoms with Crippen LogP contribution in [0, 0.1) is 13.8 Å². The summed E-state index contributed by atoms with van der Waals surface area (Å²) < 4.78 is 1.96. The summed E-state index contributed by atoms with van der Waals surface area (Å²) in [5, 5.41) is 4.52. The van der Waals surface area contributed by atoms with E-state index in [4.69, 9.17) is 0 Å². The van der Waals surface area contributed by atoms with E-state index in [0.717, 1.165) is 49.4 Å². The van der Waals surface area contributed by atoms with Gasteiger partial charge in [-0.1, -0.05) is 12.1 Å². The SMILES string of the molecule is Cc1cc(C)n(-c2ccc(CCC(=O)N(C)C3CCN(C)CC3)cc2)n1. The van der Waals surface area contributed by atoms with Crippen LogP contribution in [0.15, 0.2) is 30.3 Å². The smallest absolute Gasteiger partial charge is 0.222 e. The lowest BCUT2D eigenvalue weighted by Gasteiger charge is -2.35. The zero-order valence-corrected chi connectivity index (χ0v) is 16.4. The topological polar surface area (TPSA) is 41.4 Å². The largest absolute Gasteiger partial charge is 0.343 e. The Bertz CT molecular complexity index is 742. The summed E-state index contributed by atoms with van der Waals surface area (Å²) in [4.78, 5) is 16.8. The van der Waals surface area contributed by atoms with Crippen molar-refractivity contribution >= 4 is 5.91 Å². The highest BCUT2D eigenvalue weighted by Gasteiger charge is 2.23.